The summed E-state index contributed by atoms with van der Waals surface area (Å²) in [7, 11) is -3.33. The Hall–Kier alpha value is -1.92. The van der Waals surface area contributed by atoms with Crippen LogP contribution in [0.3, 0.4) is 0 Å². The van der Waals surface area contributed by atoms with Crippen LogP contribution in [-0.4, -0.2) is 30.7 Å². The van der Waals surface area contributed by atoms with Crippen molar-refractivity contribution in [1.29, 1.82) is 0 Å². The summed E-state index contributed by atoms with van der Waals surface area (Å²) in [4.78, 5) is 26.2. The highest BCUT2D eigenvalue weighted by Crippen LogP contribution is 2.52. The monoisotopic (exact) mass is 515 g/mol. The summed E-state index contributed by atoms with van der Waals surface area (Å²) >= 11 is 1.35. The number of carbonyl (C=O) groups is 2. The second-order valence-electron chi connectivity index (χ2n) is 9.05. The van der Waals surface area contributed by atoms with Gasteiger partial charge in [-0.25, -0.2) is 0 Å². The van der Waals surface area contributed by atoms with Crippen molar-refractivity contribution in [1.82, 2.24) is 0 Å². The molecule has 0 bridgehead atoms. The fraction of sp³-hybridized carbons (Fsp3) is 0.481. The molecule has 0 saturated heterocycles. The first kappa shape index (κ1) is 26.2. The third-order valence-electron chi connectivity index (χ3n) is 6.65. The summed E-state index contributed by atoms with van der Waals surface area (Å²) in [5.74, 6) is 0.678. The molecule has 188 valence electrons. The molecule has 8 heteroatoms. The minimum atomic E-state index is -3.33. The van der Waals surface area contributed by atoms with Gasteiger partial charge in [-0.15, -0.1) is 11.8 Å². The third-order valence-corrected chi connectivity index (χ3v) is 9.91. The van der Waals surface area contributed by atoms with Gasteiger partial charge in [0.2, 0.25) is 5.91 Å². The SMILES string of the molecule is CCOP(=O)(Cc1ccccc1NC(=O)C1SCC(=O)c2cc(C3CCCCC3)ccc21)OCC. The number of para-hydroxylation sites is 1. The Kier molecular flexibility index (Phi) is 8.87. The van der Waals surface area contributed by atoms with Crippen LogP contribution in [0.1, 0.15) is 84.2 Å². The van der Waals surface area contributed by atoms with E-state index in [-0.39, 0.29) is 36.8 Å². The lowest BCUT2D eigenvalue weighted by Gasteiger charge is -2.27. The molecule has 6 nitrogen and oxygen atoms in total. The number of hydrogen-bond donors (Lipinski definition) is 1. The molecule has 4 rings (SSSR count). The molecule has 0 aromatic heterocycles. The smallest absolute Gasteiger partial charge is 0.325 e. The quantitative estimate of drug-likeness (QED) is 0.359. The molecular formula is C27H34NO5PS. The van der Waals surface area contributed by atoms with Gasteiger partial charge in [0.15, 0.2) is 5.78 Å². The van der Waals surface area contributed by atoms with Crippen molar-refractivity contribution < 1.29 is 23.2 Å². The molecule has 1 unspecified atom stereocenters. The van der Waals surface area contributed by atoms with Crippen molar-refractivity contribution in [2.24, 2.45) is 0 Å². The van der Waals surface area contributed by atoms with Crippen LogP contribution in [0.25, 0.3) is 0 Å². The summed E-state index contributed by atoms with van der Waals surface area (Å²) in [6.45, 7) is 4.10. The molecule has 0 radical (unpaired) electrons. The summed E-state index contributed by atoms with van der Waals surface area (Å²) < 4.78 is 24.0. The maximum Gasteiger partial charge on any atom is 0.335 e. The lowest BCUT2D eigenvalue weighted by atomic mass is 9.82. The first-order valence-electron chi connectivity index (χ1n) is 12.5. The molecule has 1 N–H and O–H groups in total. The van der Waals surface area contributed by atoms with Crippen LogP contribution >= 0.6 is 19.4 Å². The maximum absolute atomic E-state index is 13.4. The maximum atomic E-state index is 13.4. The molecule has 35 heavy (non-hydrogen) atoms. The molecule has 1 aliphatic carbocycles. The van der Waals surface area contributed by atoms with Gasteiger partial charge < -0.3 is 14.4 Å². The summed E-state index contributed by atoms with van der Waals surface area (Å²) in [5.41, 5.74) is 3.94. The first-order chi connectivity index (χ1) is 16.9. The number of carbonyl (C=O) groups excluding carboxylic acids is 2. The zero-order valence-corrected chi connectivity index (χ0v) is 22.2. The topological polar surface area (TPSA) is 81.7 Å². The van der Waals surface area contributed by atoms with Crippen LogP contribution in [0.5, 0.6) is 0 Å². The van der Waals surface area contributed by atoms with Gasteiger partial charge in [0.1, 0.15) is 5.25 Å². The van der Waals surface area contributed by atoms with Crippen LogP contribution in [-0.2, 0) is 24.6 Å². The number of fused-ring (bicyclic) bond motifs is 1. The zero-order valence-electron chi connectivity index (χ0n) is 20.5. The van der Waals surface area contributed by atoms with Gasteiger partial charge in [-0.3, -0.25) is 14.2 Å². The van der Waals surface area contributed by atoms with Crippen molar-refractivity contribution in [2.45, 2.75) is 63.3 Å². The van der Waals surface area contributed by atoms with Gasteiger partial charge in [-0.1, -0.05) is 49.6 Å². The Morgan fingerprint density at radius 3 is 2.49 bits per heavy atom. The van der Waals surface area contributed by atoms with E-state index in [0.29, 0.717) is 22.7 Å². The van der Waals surface area contributed by atoms with Crippen LogP contribution in [0, 0.1) is 0 Å². The number of ketones is 1. The molecule has 1 amide bonds. The van der Waals surface area contributed by atoms with E-state index >= 15 is 0 Å². The largest absolute Gasteiger partial charge is 0.335 e. The third kappa shape index (κ3) is 6.26. The molecular weight excluding hydrogens is 481 g/mol. The number of anilines is 1. The molecule has 2 aromatic carbocycles. The van der Waals surface area contributed by atoms with Crippen LogP contribution in [0.4, 0.5) is 5.69 Å². The molecule has 1 fully saturated rings. The predicted octanol–water partition coefficient (Wildman–Crippen LogP) is 7.11. The number of nitrogens with one attached hydrogen (secondary N) is 1. The first-order valence-corrected chi connectivity index (χ1v) is 15.3. The van der Waals surface area contributed by atoms with Gasteiger partial charge in [0.05, 0.1) is 25.1 Å². The molecule has 2 aromatic rings. The molecule has 1 heterocycles. The Morgan fingerprint density at radius 2 is 1.77 bits per heavy atom. The fourth-order valence-corrected chi connectivity index (χ4v) is 7.79. The number of benzene rings is 2. The number of amides is 1. The number of thioether (sulfide) groups is 1. The van der Waals surface area contributed by atoms with Crippen molar-refractivity contribution in [3.8, 4) is 0 Å². The lowest BCUT2D eigenvalue weighted by molar-refractivity contribution is -0.115. The molecule has 1 atom stereocenters. The predicted molar refractivity (Wildman–Crippen MR) is 141 cm³/mol. The fourth-order valence-electron chi connectivity index (χ4n) is 4.99. The van der Waals surface area contributed by atoms with Gasteiger partial charge >= 0.3 is 7.60 Å². The van der Waals surface area contributed by atoms with E-state index in [0.717, 1.165) is 18.4 Å². The molecule has 2 aliphatic rings. The van der Waals surface area contributed by atoms with Crippen molar-refractivity contribution in [3.63, 3.8) is 0 Å². The number of Topliss-reactive ketones (excluding diaryl/α,β-unsaturated/α-hetero) is 1. The average molecular weight is 516 g/mol. The van der Waals surface area contributed by atoms with E-state index in [1.54, 1.807) is 19.9 Å². The summed E-state index contributed by atoms with van der Waals surface area (Å²) in [5, 5.41) is 2.53. The van der Waals surface area contributed by atoms with E-state index in [1.807, 2.05) is 30.3 Å². The Balaban J connectivity index is 1.55. The van der Waals surface area contributed by atoms with Crippen molar-refractivity contribution in [2.75, 3.05) is 24.3 Å². The molecule has 1 aliphatic heterocycles. The standard InChI is InChI=1S/C27H34NO5PS/c1-3-32-34(31,33-4-2)17-21-12-8-9-13-24(21)28-27(30)26-22-15-14-20(19-10-6-5-7-11-19)16-23(22)25(29)18-35-26/h8-9,12-16,19,26H,3-7,10-11,17-18H2,1-2H3,(H,28,30). The Bertz CT molecular complexity index is 1100. The summed E-state index contributed by atoms with van der Waals surface area (Å²) in [6.07, 6.45) is 6.14. The molecule has 1 saturated carbocycles. The van der Waals surface area contributed by atoms with E-state index < -0.39 is 12.8 Å². The highest BCUT2D eigenvalue weighted by atomic mass is 32.2. The van der Waals surface area contributed by atoms with Crippen LogP contribution in [0.2, 0.25) is 0 Å². The second-order valence-corrected chi connectivity index (χ2v) is 12.2. The van der Waals surface area contributed by atoms with Gasteiger partial charge in [0.25, 0.3) is 0 Å². The minimum absolute atomic E-state index is 0.0722. The Labute approximate surface area is 212 Å². The Morgan fingerprint density at radius 1 is 1.06 bits per heavy atom. The average Bonchev–Trinajstić information content (AvgIpc) is 2.86. The highest BCUT2D eigenvalue weighted by Gasteiger charge is 2.33. The van der Waals surface area contributed by atoms with E-state index in [9.17, 15) is 14.2 Å². The van der Waals surface area contributed by atoms with E-state index in [2.05, 4.69) is 11.4 Å². The zero-order chi connectivity index (χ0) is 24.8. The van der Waals surface area contributed by atoms with Gasteiger partial charge in [-0.2, -0.15) is 0 Å². The van der Waals surface area contributed by atoms with Crippen molar-refractivity contribution >= 4 is 36.7 Å². The van der Waals surface area contributed by atoms with E-state index in [1.165, 1.54) is 36.6 Å². The van der Waals surface area contributed by atoms with Crippen LogP contribution < -0.4 is 5.32 Å². The lowest BCUT2D eigenvalue weighted by Crippen LogP contribution is -2.26. The highest BCUT2D eigenvalue weighted by molar-refractivity contribution is 8.01. The summed E-state index contributed by atoms with van der Waals surface area (Å²) in [6, 6.07) is 13.4. The minimum Gasteiger partial charge on any atom is -0.325 e. The molecule has 0 spiro atoms. The second kappa shape index (κ2) is 11.9. The number of hydrogen-bond acceptors (Lipinski definition) is 6. The normalized spacial score (nSPS) is 18.8. The van der Waals surface area contributed by atoms with Gasteiger partial charge in [0, 0.05) is 11.3 Å². The number of rotatable bonds is 9. The van der Waals surface area contributed by atoms with E-state index in [4.69, 9.17) is 9.05 Å². The van der Waals surface area contributed by atoms with Crippen molar-refractivity contribution in [3.05, 3.63) is 64.7 Å². The van der Waals surface area contributed by atoms with Crippen LogP contribution in [0.15, 0.2) is 42.5 Å². The van der Waals surface area contributed by atoms with Gasteiger partial charge in [-0.05, 0) is 61.4 Å².